The van der Waals surface area contributed by atoms with E-state index in [1.54, 1.807) is 6.20 Å². The molecule has 0 saturated heterocycles. The molecule has 7 nitrogen and oxygen atoms in total. The fraction of sp³-hybridized carbons (Fsp3) is 0.250. The lowest BCUT2D eigenvalue weighted by Gasteiger charge is -2.15. The summed E-state index contributed by atoms with van der Waals surface area (Å²) in [6, 6.07) is 16.7. The molecule has 3 heterocycles. The molecule has 0 aliphatic carbocycles. The Bertz CT molecular complexity index is 1210. The normalized spacial score (nSPS) is 12.5. The van der Waals surface area contributed by atoms with Gasteiger partial charge in [-0.1, -0.05) is 36.4 Å². The summed E-state index contributed by atoms with van der Waals surface area (Å²) in [6.07, 6.45) is 3.82. The molecule has 0 saturated carbocycles. The van der Waals surface area contributed by atoms with Crippen molar-refractivity contribution in [3.63, 3.8) is 0 Å². The number of benzene rings is 2. The van der Waals surface area contributed by atoms with Crippen LogP contribution in [0.15, 0.2) is 60.9 Å². The zero-order valence-electron chi connectivity index (χ0n) is 18.0. The van der Waals surface area contributed by atoms with Gasteiger partial charge in [-0.05, 0) is 51.0 Å². The summed E-state index contributed by atoms with van der Waals surface area (Å²) in [4.78, 5) is 18.8. The van der Waals surface area contributed by atoms with Crippen LogP contribution in [0.2, 0.25) is 0 Å². The van der Waals surface area contributed by atoms with Gasteiger partial charge in [0.25, 0.3) is 6.47 Å². The van der Waals surface area contributed by atoms with Crippen LogP contribution in [0.25, 0.3) is 28.0 Å². The third-order valence-corrected chi connectivity index (χ3v) is 4.79. The molecule has 2 aliphatic heterocycles. The van der Waals surface area contributed by atoms with Crippen molar-refractivity contribution in [3.8, 4) is 16.9 Å². The Morgan fingerprint density at radius 2 is 1.87 bits per heavy atom. The topological polar surface area (TPSA) is 81.9 Å². The van der Waals surface area contributed by atoms with Gasteiger partial charge in [-0.2, -0.15) is 0 Å². The van der Waals surface area contributed by atoms with Gasteiger partial charge in [-0.25, -0.2) is 9.67 Å². The zero-order chi connectivity index (χ0) is 22.0. The molecule has 3 aromatic rings. The van der Waals surface area contributed by atoms with Gasteiger partial charge in [0.05, 0.1) is 17.2 Å². The smallest absolute Gasteiger partial charge is 0.293 e. The van der Waals surface area contributed by atoms with Crippen molar-refractivity contribution in [2.24, 2.45) is 0 Å². The lowest BCUT2D eigenvalue weighted by molar-refractivity contribution is -0.138. The van der Waals surface area contributed by atoms with Crippen molar-refractivity contribution < 1.29 is 9.53 Å². The Morgan fingerprint density at radius 3 is 2.45 bits per heavy atom. The van der Waals surface area contributed by atoms with E-state index in [9.17, 15) is 4.79 Å². The number of carbonyl (C=O) groups excluding carboxylic acids is 1. The van der Waals surface area contributed by atoms with Crippen LogP contribution >= 0.6 is 0 Å². The second-order valence-corrected chi connectivity index (χ2v) is 8.37. The van der Waals surface area contributed by atoms with Gasteiger partial charge < -0.3 is 10.1 Å². The number of carbonyl (C=O) groups is 1. The largest absolute Gasteiger partial charge is 0.462 e. The molecule has 0 bridgehead atoms. The number of fused-ring (bicyclic) bond motifs is 2. The number of anilines is 1. The Hall–Kier alpha value is -3.74. The molecule has 0 radical (unpaired) electrons. The van der Waals surface area contributed by atoms with Gasteiger partial charge in [-0.3, -0.25) is 9.78 Å². The van der Waals surface area contributed by atoms with E-state index in [4.69, 9.17) is 0 Å². The zero-order valence-corrected chi connectivity index (χ0v) is 18.0. The maximum absolute atomic E-state index is 9.60. The fourth-order valence-electron chi connectivity index (χ4n) is 3.10. The van der Waals surface area contributed by atoms with Gasteiger partial charge in [0.15, 0.2) is 5.82 Å². The molecule has 1 aromatic heterocycles. The van der Waals surface area contributed by atoms with Crippen molar-refractivity contribution in [1.29, 1.82) is 0 Å². The number of hydrogen-bond donors (Lipinski definition) is 1. The van der Waals surface area contributed by atoms with Gasteiger partial charge in [0, 0.05) is 17.8 Å². The minimum Gasteiger partial charge on any atom is -0.462 e. The monoisotopic (exact) mass is 415 g/mol. The molecule has 0 unspecified atom stereocenters. The fourth-order valence-corrected chi connectivity index (χ4v) is 3.10. The van der Waals surface area contributed by atoms with Crippen LogP contribution in [0.3, 0.4) is 0 Å². The summed E-state index contributed by atoms with van der Waals surface area (Å²) < 4.78 is 6.43. The van der Waals surface area contributed by atoms with E-state index in [0.717, 1.165) is 28.2 Å². The molecule has 1 atom stereocenters. The Morgan fingerprint density at radius 1 is 1.10 bits per heavy atom. The standard InChI is InChI=1S/C19H15N5.C5H10O2/c1-12(13-5-3-2-4-6-13)21-18-10-20-17-9-14(7-8-16(17)22-18)15-11-24-19(15)23-24;1-5(2,3)7-4-6/h2-12H,1H3,(H,21,22);4H,1-3H3/t12-,24?;/m1./s1. The Kier molecular flexibility index (Phi) is 5.42. The number of hydrogen-bond acceptors (Lipinski definition) is 6. The van der Waals surface area contributed by atoms with E-state index in [2.05, 4.69) is 56.3 Å². The minimum absolute atomic E-state index is 0.177. The highest BCUT2D eigenvalue weighted by Crippen LogP contribution is 2.35. The van der Waals surface area contributed by atoms with Crippen molar-refractivity contribution in [3.05, 3.63) is 66.5 Å². The Balaban J connectivity index is 0.000000289. The predicted molar refractivity (Wildman–Crippen MR) is 121 cm³/mol. The SMILES string of the molecule is CC(C)(C)OC=O.C[C@@H](Nc1cnc2cc(-c3cn4nc3-4)ccc2n1)c1ccccc1. The maximum atomic E-state index is 9.60. The Labute approximate surface area is 181 Å². The average molecular weight is 415 g/mol. The number of ether oxygens (including phenoxy) is 1. The van der Waals surface area contributed by atoms with Crippen molar-refractivity contribution in [1.82, 2.24) is 19.7 Å². The van der Waals surface area contributed by atoms with Gasteiger partial charge in [-0.15, -0.1) is 5.10 Å². The number of nitrogens with one attached hydrogen (secondary N) is 1. The molecule has 0 amide bonds. The minimum atomic E-state index is -0.318. The first-order chi connectivity index (χ1) is 14.8. The second kappa shape index (κ2) is 8.18. The van der Waals surface area contributed by atoms with Crippen LogP contribution in [0.1, 0.15) is 39.3 Å². The second-order valence-electron chi connectivity index (χ2n) is 8.37. The van der Waals surface area contributed by atoms with E-state index < -0.39 is 0 Å². The molecule has 2 aliphatic rings. The summed E-state index contributed by atoms with van der Waals surface area (Å²) in [5, 5.41) is 7.60. The lowest BCUT2D eigenvalue weighted by Crippen LogP contribution is -2.17. The molecule has 0 spiro atoms. The molecule has 31 heavy (non-hydrogen) atoms. The third-order valence-electron chi connectivity index (χ3n) is 4.79. The van der Waals surface area contributed by atoms with Crippen LogP contribution in [0.4, 0.5) is 5.82 Å². The number of aromatic nitrogens is 4. The van der Waals surface area contributed by atoms with Crippen molar-refractivity contribution >= 4 is 23.3 Å². The summed E-state index contributed by atoms with van der Waals surface area (Å²) in [7, 11) is 0. The first-order valence-corrected chi connectivity index (χ1v) is 10.1. The number of nitrogens with zero attached hydrogens (tertiary/aromatic N) is 4. The quantitative estimate of drug-likeness (QED) is 0.410. The van der Waals surface area contributed by atoms with E-state index in [0.29, 0.717) is 6.47 Å². The molecule has 7 heteroatoms. The van der Waals surface area contributed by atoms with Crippen molar-refractivity contribution in [2.45, 2.75) is 39.3 Å². The van der Waals surface area contributed by atoms with Crippen molar-refractivity contribution in [2.75, 3.05) is 5.32 Å². The van der Waals surface area contributed by atoms with Crippen LogP contribution in [-0.2, 0) is 9.53 Å². The summed E-state index contributed by atoms with van der Waals surface area (Å²) in [5.41, 5.74) is 5.01. The third kappa shape index (κ3) is 4.88. The van der Waals surface area contributed by atoms with Gasteiger partial charge in [0.1, 0.15) is 11.4 Å². The van der Waals surface area contributed by atoms with Crippen LogP contribution in [-0.4, -0.2) is 31.8 Å². The van der Waals surface area contributed by atoms with E-state index in [-0.39, 0.29) is 11.6 Å². The molecular formula is C24H25N5O2. The van der Waals surface area contributed by atoms with E-state index in [1.807, 2.05) is 55.9 Å². The van der Waals surface area contributed by atoms with Crippen LogP contribution in [0.5, 0.6) is 0 Å². The first-order valence-electron chi connectivity index (χ1n) is 10.1. The van der Waals surface area contributed by atoms with Crippen LogP contribution < -0.4 is 5.32 Å². The van der Waals surface area contributed by atoms with Crippen LogP contribution in [0, 0.1) is 0 Å². The molecule has 1 N–H and O–H groups in total. The molecule has 2 aromatic carbocycles. The van der Waals surface area contributed by atoms with E-state index >= 15 is 0 Å². The highest BCUT2D eigenvalue weighted by molar-refractivity contribution is 5.85. The highest BCUT2D eigenvalue weighted by atomic mass is 16.5. The van der Waals surface area contributed by atoms with Gasteiger partial charge >= 0.3 is 0 Å². The lowest BCUT2D eigenvalue weighted by atomic mass is 10.1. The van der Waals surface area contributed by atoms with Gasteiger partial charge in [0.2, 0.25) is 0 Å². The maximum Gasteiger partial charge on any atom is 0.293 e. The summed E-state index contributed by atoms with van der Waals surface area (Å²) >= 11 is 0. The summed E-state index contributed by atoms with van der Waals surface area (Å²) in [6.45, 7) is 8.04. The molecule has 0 fully saturated rings. The first kappa shape index (κ1) is 20.5. The predicted octanol–water partition coefficient (Wildman–Crippen LogP) is 4.93. The number of rotatable bonds is 5. The van der Waals surface area contributed by atoms with E-state index in [1.165, 1.54) is 11.1 Å². The molecule has 5 rings (SSSR count). The molecule has 158 valence electrons. The average Bonchev–Trinajstić information content (AvgIpc) is 3.37. The molecular weight excluding hydrogens is 390 g/mol. The summed E-state index contributed by atoms with van der Waals surface area (Å²) in [5.74, 6) is 1.85. The highest BCUT2D eigenvalue weighted by Gasteiger charge is 2.25.